The quantitative estimate of drug-likeness (QED) is 0.686. The van der Waals surface area contributed by atoms with Crippen LogP contribution in [0.25, 0.3) is 0 Å². The van der Waals surface area contributed by atoms with Gasteiger partial charge in [0.15, 0.2) is 0 Å². The van der Waals surface area contributed by atoms with Gasteiger partial charge in [-0.15, -0.1) is 0 Å². The van der Waals surface area contributed by atoms with Crippen LogP contribution in [0.3, 0.4) is 0 Å². The van der Waals surface area contributed by atoms with Gasteiger partial charge in [0.25, 0.3) is 0 Å². The van der Waals surface area contributed by atoms with E-state index in [0.29, 0.717) is 11.8 Å². The SMILES string of the molecule is COC1=CC2(C=C(OC)C1C1CCCCC1)CCN(CCCN(C)C)C2. The first-order valence-corrected chi connectivity index (χ1v) is 10.5. The molecule has 0 aromatic heterocycles. The zero-order valence-corrected chi connectivity index (χ0v) is 17.3. The third kappa shape index (κ3) is 4.45. The van der Waals surface area contributed by atoms with E-state index in [9.17, 15) is 0 Å². The maximum Gasteiger partial charge on any atom is 0.103 e. The molecule has 0 aromatic rings. The molecule has 4 heteroatoms. The molecule has 1 saturated heterocycles. The number of nitrogens with zero attached hydrogens (tertiary/aromatic N) is 2. The first kappa shape index (κ1) is 19.8. The summed E-state index contributed by atoms with van der Waals surface area (Å²) in [6.07, 6.45) is 14.0. The van der Waals surface area contributed by atoms with Gasteiger partial charge in [-0.25, -0.2) is 0 Å². The van der Waals surface area contributed by atoms with Crippen molar-refractivity contribution in [3.05, 3.63) is 23.7 Å². The zero-order valence-electron chi connectivity index (χ0n) is 17.3. The van der Waals surface area contributed by atoms with Crippen molar-refractivity contribution >= 4 is 0 Å². The second kappa shape index (κ2) is 8.79. The lowest BCUT2D eigenvalue weighted by molar-refractivity contribution is 0.127. The summed E-state index contributed by atoms with van der Waals surface area (Å²) in [6.45, 7) is 4.60. The molecule has 0 bridgehead atoms. The van der Waals surface area contributed by atoms with E-state index < -0.39 is 0 Å². The highest BCUT2D eigenvalue weighted by atomic mass is 16.5. The molecule has 1 heterocycles. The normalized spacial score (nSPS) is 30.6. The number of likely N-dealkylation sites (tertiary alicyclic amines) is 1. The number of methoxy groups -OCH3 is 2. The van der Waals surface area contributed by atoms with Gasteiger partial charge in [-0.05, 0) is 77.5 Å². The van der Waals surface area contributed by atoms with E-state index in [1.807, 2.05) is 14.2 Å². The molecule has 0 aromatic carbocycles. The number of hydrogen-bond acceptors (Lipinski definition) is 4. The Morgan fingerprint density at radius 2 is 1.73 bits per heavy atom. The molecule has 0 radical (unpaired) electrons. The highest BCUT2D eigenvalue weighted by Gasteiger charge is 2.43. The summed E-state index contributed by atoms with van der Waals surface area (Å²) in [5, 5.41) is 0. The molecule has 2 aliphatic carbocycles. The lowest BCUT2D eigenvalue weighted by Gasteiger charge is -2.38. The molecule has 0 atom stereocenters. The van der Waals surface area contributed by atoms with Gasteiger partial charge in [0.1, 0.15) is 11.5 Å². The average molecular weight is 363 g/mol. The lowest BCUT2D eigenvalue weighted by Crippen LogP contribution is -2.33. The molecule has 4 nitrogen and oxygen atoms in total. The van der Waals surface area contributed by atoms with Crippen LogP contribution in [-0.4, -0.2) is 64.3 Å². The van der Waals surface area contributed by atoms with Crippen molar-refractivity contribution in [2.45, 2.75) is 44.9 Å². The number of rotatable bonds is 7. The summed E-state index contributed by atoms with van der Waals surface area (Å²) < 4.78 is 11.9. The Kier molecular flexibility index (Phi) is 6.68. The standard InChI is InChI=1S/C22H38N2O2/c1-23(2)12-8-13-24-14-11-22(17-24)15-19(25-3)21(20(16-22)26-4)18-9-6-5-7-10-18/h15-16,18,21H,5-14,17H2,1-4H3. The van der Waals surface area contributed by atoms with Gasteiger partial charge in [-0.3, -0.25) is 0 Å². The summed E-state index contributed by atoms with van der Waals surface area (Å²) in [5.41, 5.74) is 0.0972. The number of hydrogen-bond donors (Lipinski definition) is 0. The highest BCUT2D eigenvalue weighted by Crippen LogP contribution is 2.47. The van der Waals surface area contributed by atoms with Gasteiger partial charge < -0.3 is 19.3 Å². The van der Waals surface area contributed by atoms with E-state index in [0.717, 1.165) is 24.6 Å². The molecule has 3 rings (SSSR count). The predicted octanol–water partition coefficient (Wildman–Crippen LogP) is 3.90. The molecule has 148 valence electrons. The molecule has 1 saturated carbocycles. The minimum Gasteiger partial charge on any atom is -0.501 e. The minimum absolute atomic E-state index is 0.0972. The summed E-state index contributed by atoms with van der Waals surface area (Å²) in [5.74, 6) is 3.33. The van der Waals surface area contributed by atoms with Crippen LogP contribution in [0.15, 0.2) is 23.7 Å². The Morgan fingerprint density at radius 1 is 1.08 bits per heavy atom. The fraction of sp³-hybridized carbons (Fsp3) is 0.818. The number of ether oxygens (including phenoxy) is 2. The zero-order chi connectivity index (χ0) is 18.6. The van der Waals surface area contributed by atoms with Crippen LogP contribution in [0.2, 0.25) is 0 Å². The molecular weight excluding hydrogens is 324 g/mol. The van der Waals surface area contributed by atoms with Gasteiger partial charge in [-0.2, -0.15) is 0 Å². The third-order valence-electron chi connectivity index (χ3n) is 6.56. The Labute approximate surface area is 160 Å². The highest BCUT2D eigenvalue weighted by molar-refractivity contribution is 5.31. The van der Waals surface area contributed by atoms with Crippen molar-refractivity contribution in [1.82, 2.24) is 9.80 Å². The van der Waals surface area contributed by atoms with Gasteiger partial charge in [0, 0.05) is 12.0 Å². The molecule has 2 fully saturated rings. The molecule has 3 aliphatic rings. The summed E-state index contributed by atoms with van der Waals surface area (Å²) in [6, 6.07) is 0. The minimum atomic E-state index is 0.0972. The molecule has 0 amide bonds. The summed E-state index contributed by atoms with van der Waals surface area (Å²) in [7, 11) is 7.99. The topological polar surface area (TPSA) is 24.9 Å². The predicted molar refractivity (Wildman–Crippen MR) is 107 cm³/mol. The Bertz CT molecular complexity index is 498. The fourth-order valence-electron chi connectivity index (χ4n) is 5.21. The molecule has 1 aliphatic heterocycles. The summed E-state index contributed by atoms with van der Waals surface area (Å²) in [4.78, 5) is 4.88. The Hall–Kier alpha value is -1.00. The van der Waals surface area contributed by atoms with Crippen LogP contribution in [0.5, 0.6) is 0 Å². The van der Waals surface area contributed by atoms with Crippen molar-refractivity contribution < 1.29 is 9.47 Å². The van der Waals surface area contributed by atoms with E-state index in [-0.39, 0.29) is 5.41 Å². The molecular formula is C22H38N2O2. The lowest BCUT2D eigenvalue weighted by atomic mass is 9.71. The van der Waals surface area contributed by atoms with Gasteiger partial charge >= 0.3 is 0 Å². The van der Waals surface area contributed by atoms with Crippen LogP contribution in [0.1, 0.15) is 44.9 Å². The molecule has 0 N–H and O–H groups in total. The Balaban J connectivity index is 1.72. The average Bonchev–Trinajstić information content (AvgIpc) is 3.03. The van der Waals surface area contributed by atoms with Crippen molar-refractivity contribution in [1.29, 1.82) is 0 Å². The van der Waals surface area contributed by atoms with E-state index >= 15 is 0 Å². The van der Waals surface area contributed by atoms with Crippen molar-refractivity contribution in [3.63, 3.8) is 0 Å². The van der Waals surface area contributed by atoms with E-state index in [4.69, 9.17) is 9.47 Å². The monoisotopic (exact) mass is 362 g/mol. The van der Waals surface area contributed by atoms with Crippen LogP contribution in [0, 0.1) is 17.3 Å². The molecule has 1 spiro atoms. The Morgan fingerprint density at radius 3 is 2.31 bits per heavy atom. The largest absolute Gasteiger partial charge is 0.501 e. The maximum absolute atomic E-state index is 5.94. The van der Waals surface area contributed by atoms with Gasteiger partial charge in [-0.1, -0.05) is 19.3 Å². The van der Waals surface area contributed by atoms with Gasteiger partial charge in [0.05, 0.1) is 20.1 Å². The van der Waals surface area contributed by atoms with Crippen molar-refractivity contribution in [2.24, 2.45) is 17.3 Å². The first-order valence-electron chi connectivity index (χ1n) is 10.5. The smallest absolute Gasteiger partial charge is 0.103 e. The molecule has 0 unspecified atom stereocenters. The van der Waals surface area contributed by atoms with Gasteiger partial charge in [0.2, 0.25) is 0 Å². The second-order valence-corrected chi connectivity index (χ2v) is 8.79. The van der Waals surface area contributed by atoms with Crippen LogP contribution < -0.4 is 0 Å². The van der Waals surface area contributed by atoms with E-state index in [1.54, 1.807) is 0 Å². The van der Waals surface area contributed by atoms with Crippen molar-refractivity contribution in [3.8, 4) is 0 Å². The van der Waals surface area contributed by atoms with Crippen LogP contribution in [0.4, 0.5) is 0 Å². The second-order valence-electron chi connectivity index (χ2n) is 8.79. The first-order chi connectivity index (χ1) is 12.6. The fourth-order valence-corrected chi connectivity index (χ4v) is 5.21. The van der Waals surface area contributed by atoms with Crippen molar-refractivity contribution in [2.75, 3.05) is 54.5 Å². The summed E-state index contributed by atoms with van der Waals surface area (Å²) >= 11 is 0. The van der Waals surface area contributed by atoms with E-state index in [2.05, 4.69) is 36.0 Å². The van der Waals surface area contributed by atoms with Crippen LogP contribution >= 0.6 is 0 Å². The van der Waals surface area contributed by atoms with E-state index in [1.165, 1.54) is 58.0 Å². The molecule has 26 heavy (non-hydrogen) atoms. The maximum atomic E-state index is 5.94. The third-order valence-corrected chi connectivity index (χ3v) is 6.56. The van der Waals surface area contributed by atoms with Crippen LogP contribution in [-0.2, 0) is 9.47 Å².